The lowest BCUT2D eigenvalue weighted by Gasteiger charge is -2.18. The quantitative estimate of drug-likeness (QED) is 0.797. The van der Waals surface area contributed by atoms with Crippen molar-refractivity contribution in [2.75, 3.05) is 0 Å². The number of nitrogens with one attached hydrogen (secondary N) is 1. The van der Waals surface area contributed by atoms with Crippen LogP contribution in [-0.4, -0.2) is 10.9 Å². The Kier molecular flexibility index (Phi) is 4.24. The van der Waals surface area contributed by atoms with Crippen LogP contribution in [0.1, 0.15) is 39.2 Å². The number of hydrogen-bond donors (Lipinski definition) is 1. The maximum atomic E-state index is 12.6. The van der Waals surface area contributed by atoms with Gasteiger partial charge in [0.1, 0.15) is 11.5 Å². The summed E-state index contributed by atoms with van der Waals surface area (Å²) in [6.07, 6.45) is 1.73. The molecule has 0 aliphatic heterocycles. The van der Waals surface area contributed by atoms with Crippen molar-refractivity contribution in [2.45, 2.75) is 19.9 Å². The molecule has 0 aliphatic rings. The van der Waals surface area contributed by atoms with Crippen molar-refractivity contribution in [3.8, 4) is 0 Å². The number of rotatable bonds is 4. The molecule has 0 saturated heterocycles. The fourth-order valence-electron chi connectivity index (χ4n) is 2.59. The van der Waals surface area contributed by atoms with Gasteiger partial charge < -0.3 is 9.73 Å². The minimum atomic E-state index is -0.306. The molecule has 1 N–H and O–H groups in total. The van der Waals surface area contributed by atoms with Gasteiger partial charge in [0.25, 0.3) is 5.91 Å². The minimum absolute atomic E-state index is 0.168. The molecule has 4 nitrogen and oxygen atoms in total. The summed E-state index contributed by atoms with van der Waals surface area (Å²) in [5.41, 5.74) is 2.33. The topological polar surface area (TPSA) is 55.1 Å². The Morgan fingerprint density at radius 1 is 1.09 bits per heavy atom. The van der Waals surface area contributed by atoms with Crippen molar-refractivity contribution in [3.63, 3.8) is 0 Å². The van der Waals surface area contributed by atoms with Gasteiger partial charge in [0.2, 0.25) is 0 Å². The minimum Gasteiger partial charge on any atom is -0.466 e. The van der Waals surface area contributed by atoms with E-state index < -0.39 is 0 Å². The molecule has 0 spiro atoms. The van der Waals surface area contributed by atoms with Gasteiger partial charge in [-0.05, 0) is 37.6 Å². The highest BCUT2D eigenvalue weighted by Gasteiger charge is 2.21. The number of aryl methyl sites for hydroxylation is 2. The van der Waals surface area contributed by atoms with E-state index in [1.165, 1.54) is 0 Å². The van der Waals surface area contributed by atoms with Crippen molar-refractivity contribution in [3.05, 3.63) is 89.1 Å². The van der Waals surface area contributed by atoms with Crippen LogP contribution in [0, 0.1) is 13.8 Å². The summed E-state index contributed by atoms with van der Waals surface area (Å²) in [6.45, 7) is 3.62. The first-order chi connectivity index (χ1) is 11.1. The molecule has 0 fully saturated rings. The van der Waals surface area contributed by atoms with Gasteiger partial charge in [-0.15, -0.1) is 0 Å². The highest BCUT2D eigenvalue weighted by molar-refractivity contribution is 5.95. The molecule has 1 amide bonds. The van der Waals surface area contributed by atoms with Gasteiger partial charge >= 0.3 is 0 Å². The van der Waals surface area contributed by atoms with E-state index in [-0.39, 0.29) is 11.9 Å². The first kappa shape index (κ1) is 15.0. The number of hydrogen-bond acceptors (Lipinski definition) is 3. The number of carbonyl (C=O) groups is 1. The van der Waals surface area contributed by atoms with E-state index in [1.54, 1.807) is 19.2 Å². The zero-order valence-electron chi connectivity index (χ0n) is 13.1. The Balaban J connectivity index is 1.93. The Morgan fingerprint density at radius 3 is 2.43 bits per heavy atom. The highest BCUT2D eigenvalue weighted by atomic mass is 16.3. The molecule has 0 aliphatic carbocycles. The van der Waals surface area contributed by atoms with Crippen LogP contribution < -0.4 is 5.32 Å². The number of amides is 1. The second-order valence-electron chi connectivity index (χ2n) is 5.40. The molecule has 0 radical (unpaired) electrons. The fraction of sp³-hybridized carbons (Fsp3) is 0.158. The molecule has 0 saturated carbocycles. The average molecular weight is 306 g/mol. The second-order valence-corrected chi connectivity index (χ2v) is 5.40. The van der Waals surface area contributed by atoms with Crippen molar-refractivity contribution in [1.29, 1.82) is 0 Å². The molecule has 4 heteroatoms. The molecular formula is C19H18N2O2. The molecule has 1 aromatic carbocycles. The molecule has 1 unspecified atom stereocenters. The number of furan rings is 1. The molecule has 1 atom stereocenters. The van der Waals surface area contributed by atoms with Crippen LogP contribution in [0.25, 0.3) is 0 Å². The zero-order valence-corrected chi connectivity index (χ0v) is 13.1. The van der Waals surface area contributed by atoms with Crippen LogP contribution in [0.3, 0.4) is 0 Å². The lowest BCUT2D eigenvalue weighted by molar-refractivity contribution is 0.0941. The summed E-state index contributed by atoms with van der Waals surface area (Å²) in [7, 11) is 0. The van der Waals surface area contributed by atoms with Crippen LogP contribution in [0.15, 0.2) is 65.2 Å². The molecular weight excluding hydrogens is 288 g/mol. The maximum Gasteiger partial charge on any atom is 0.255 e. The van der Waals surface area contributed by atoms with Crippen molar-refractivity contribution < 1.29 is 9.21 Å². The Bertz CT molecular complexity index is 755. The molecule has 0 bridgehead atoms. The number of pyridine rings is 1. The van der Waals surface area contributed by atoms with Gasteiger partial charge in [-0.25, -0.2) is 0 Å². The predicted molar refractivity (Wildman–Crippen MR) is 88.2 cm³/mol. The average Bonchev–Trinajstić information content (AvgIpc) is 2.92. The van der Waals surface area contributed by atoms with Gasteiger partial charge in [-0.3, -0.25) is 9.78 Å². The van der Waals surface area contributed by atoms with E-state index in [9.17, 15) is 4.79 Å². The van der Waals surface area contributed by atoms with E-state index >= 15 is 0 Å². The summed E-state index contributed by atoms with van der Waals surface area (Å²) in [4.78, 5) is 17.0. The predicted octanol–water partition coefficient (Wildman–Crippen LogP) is 3.81. The Morgan fingerprint density at radius 2 is 1.83 bits per heavy atom. The van der Waals surface area contributed by atoms with Crippen LogP contribution in [-0.2, 0) is 0 Å². The third kappa shape index (κ3) is 3.31. The second kappa shape index (κ2) is 6.48. The largest absolute Gasteiger partial charge is 0.466 e. The smallest absolute Gasteiger partial charge is 0.255 e. The van der Waals surface area contributed by atoms with Crippen molar-refractivity contribution in [2.24, 2.45) is 0 Å². The lowest BCUT2D eigenvalue weighted by Crippen LogP contribution is -2.30. The SMILES string of the molecule is Cc1cc(C(=O)NC(c2ccccc2)c2ccccn2)c(C)o1. The molecule has 3 rings (SSSR count). The van der Waals surface area contributed by atoms with Gasteiger partial charge in [-0.1, -0.05) is 36.4 Å². The number of benzene rings is 1. The van der Waals surface area contributed by atoms with Crippen molar-refractivity contribution in [1.82, 2.24) is 10.3 Å². The molecule has 23 heavy (non-hydrogen) atoms. The van der Waals surface area contributed by atoms with E-state index in [0.29, 0.717) is 11.3 Å². The summed E-state index contributed by atoms with van der Waals surface area (Å²) in [5, 5.41) is 3.06. The fourth-order valence-corrected chi connectivity index (χ4v) is 2.59. The third-order valence-corrected chi connectivity index (χ3v) is 3.68. The summed E-state index contributed by atoms with van der Waals surface area (Å²) >= 11 is 0. The van der Waals surface area contributed by atoms with Crippen molar-refractivity contribution >= 4 is 5.91 Å². The van der Waals surface area contributed by atoms with E-state index in [4.69, 9.17) is 4.42 Å². The normalized spacial score (nSPS) is 11.9. The monoisotopic (exact) mass is 306 g/mol. The summed E-state index contributed by atoms with van der Waals surface area (Å²) in [5.74, 6) is 1.17. The maximum absolute atomic E-state index is 12.6. The van der Waals surface area contributed by atoms with Crippen LogP contribution in [0.4, 0.5) is 0 Å². The Labute approximate surface area is 135 Å². The van der Waals surface area contributed by atoms with E-state index in [1.807, 2.05) is 55.5 Å². The molecule has 3 aromatic rings. The van der Waals surface area contributed by atoms with Crippen LogP contribution >= 0.6 is 0 Å². The lowest BCUT2D eigenvalue weighted by atomic mass is 10.0. The number of nitrogens with zero attached hydrogens (tertiary/aromatic N) is 1. The summed E-state index contributed by atoms with van der Waals surface area (Å²) < 4.78 is 5.45. The molecule has 2 aromatic heterocycles. The van der Waals surface area contributed by atoms with Gasteiger partial charge in [0.05, 0.1) is 17.3 Å². The third-order valence-electron chi connectivity index (χ3n) is 3.68. The summed E-state index contributed by atoms with van der Waals surface area (Å²) in [6, 6.07) is 16.9. The van der Waals surface area contributed by atoms with Gasteiger partial charge in [0, 0.05) is 6.20 Å². The first-order valence-electron chi connectivity index (χ1n) is 7.49. The van der Waals surface area contributed by atoms with E-state index in [0.717, 1.165) is 17.0 Å². The number of aromatic nitrogens is 1. The Hall–Kier alpha value is -2.88. The molecule has 116 valence electrons. The molecule has 2 heterocycles. The highest BCUT2D eigenvalue weighted by Crippen LogP contribution is 2.22. The van der Waals surface area contributed by atoms with Gasteiger partial charge in [0.15, 0.2) is 0 Å². The standard InChI is InChI=1S/C19H18N2O2/c1-13-12-16(14(2)23-13)19(22)21-18(15-8-4-3-5-9-15)17-10-6-7-11-20-17/h3-12,18H,1-2H3,(H,21,22). The first-order valence-corrected chi connectivity index (χ1v) is 7.49. The zero-order chi connectivity index (χ0) is 16.2. The van der Waals surface area contributed by atoms with Crippen LogP contribution in [0.2, 0.25) is 0 Å². The van der Waals surface area contributed by atoms with Gasteiger partial charge in [-0.2, -0.15) is 0 Å². The van der Waals surface area contributed by atoms with E-state index in [2.05, 4.69) is 10.3 Å². The van der Waals surface area contributed by atoms with Crippen LogP contribution in [0.5, 0.6) is 0 Å². The number of carbonyl (C=O) groups excluding carboxylic acids is 1.